The largest absolute Gasteiger partial charge is 0.347 e. The van der Waals surface area contributed by atoms with Crippen LogP contribution in [0.25, 0.3) is 10.9 Å². The lowest BCUT2D eigenvalue weighted by atomic mass is 10.1. The fourth-order valence-electron chi connectivity index (χ4n) is 2.78. The maximum Gasteiger partial charge on any atom is 0.278 e. The second kappa shape index (κ2) is 5.31. The van der Waals surface area contributed by atoms with Crippen LogP contribution < -0.4 is 5.56 Å². The number of nitrogens with zero attached hydrogens (tertiary/aromatic N) is 5. The number of rotatable bonds is 2. The molecular weight excluding hydrogens is 296 g/mol. The molecular formula is C15H14N6O2. The van der Waals surface area contributed by atoms with Crippen molar-refractivity contribution >= 4 is 16.8 Å². The van der Waals surface area contributed by atoms with E-state index < -0.39 is 0 Å². The molecule has 0 bridgehead atoms. The fraction of sp³-hybridized carbons (Fsp3) is 0.267. The Bertz CT molecular complexity index is 944. The number of benzene rings is 1. The first-order valence-corrected chi connectivity index (χ1v) is 7.34. The van der Waals surface area contributed by atoms with Crippen molar-refractivity contribution in [2.24, 2.45) is 0 Å². The van der Waals surface area contributed by atoms with Crippen LogP contribution in [-0.4, -0.2) is 42.3 Å². The van der Waals surface area contributed by atoms with Gasteiger partial charge in [-0.2, -0.15) is 0 Å². The number of aromatic amines is 1. The molecule has 0 spiro atoms. The Morgan fingerprint density at radius 3 is 3.09 bits per heavy atom. The molecule has 8 nitrogen and oxygen atoms in total. The number of nitrogens with one attached hydrogen (secondary N) is 1. The predicted octanol–water partition coefficient (Wildman–Crippen LogP) is 0.0995. The van der Waals surface area contributed by atoms with Crippen molar-refractivity contribution in [1.29, 1.82) is 0 Å². The van der Waals surface area contributed by atoms with E-state index in [1.807, 2.05) is 0 Å². The Hall–Kier alpha value is -3.03. The van der Waals surface area contributed by atoms with Crippen LogP contribution in [0.3, 0.4) is 0 Å². The minimum Gasteiger partial charge on any atom is -0.347 e. The number of amides is 1. The standard InChI is InChI=1S/C15H14N6O2/c22-14(20-6-5-12-13(7-20)17-9-16-12)8-21-15(23)10-3-1-2-4-11(10)18-19-21/h1-4,9H,5-8H2,(H,16,17). The van der Waals surface area contributed by atoms with Gasteiger partial charge in [0.2, 0.25) is 5.91 Å². The molecule has 23 heavy (non-hydrogen) atoms. The number of hydrogen-bond donors (Lipinski definition) is 1. The molecule has 4 rings (SSSR count). The minimum atomic E-state index is -0.303. The SMILES string of the molecule is O=C(Cn1nnc2ccccc2c1=O)N1CCc2nc[nH]c2C1. The predicted molar refractivity (Wildman–Crippen MR) is 81.5 cm³/mol. The number of fused-ring (bicyclic) bond motifs is 2. The number of aromatic nitrogens is 5. The van der Waals surface area contributed by atoms with Crippen LogP contribution in [0.2, 0.25) is 0 Å². The van der Waals surface area contributed by atoms with E-state index in [0.29, 0.717) is 30.4 Å². The second-order valence-corrected chi connectivity index (χ2v) is 5.46. The molecule has 1 amide bonds. The molecule has 0 saturated heterocycles. The van der Waals surface area contributed by atoms with Crippen molar-refractivity contribution in [3.63, 3.8) is 0 Å². The Kier molecular flexibility index (Phi) is 3.14. The number of carbonyl (C=O) groups excluding carboxylic acids is 1. The quantitative estimate of drug-likeness (QED) is 0.724. The van der Waals surface area contributed by atoms with Crippen LogP contribution in [0.1, 0.15) is 11.4 Å². The summed E-state index contributed by atoms with van der Waals surface area (Å²) in [7, 11) is 0. The third kappa shape index (κ3) is 2.37. The molecule has 0 fully saturated rings. The highest BCUT2D eigenvalue weighted by molar-refractivity contribution is 5.78. The summed E-state index contributed by atoms with van der Waals surface area (Å²) >= 11 is 0. The van der Waals surface area contributed by atoms with E-state index >= 15 is 0 Å². The Balaban J connectivity index is 1.58. The zero-order valence-electron chi connectivity index (χ0n) is 12.3. The molecule has 116 valence electrons. The molecule has 0 radical (unpaired) electrons. The van der Waals surface area contributed by atoms with E-state index in [4.69, 9.17) is 0 Å². The third-order valence-electron chi connectivity index (χ3n) is 4.04. The maximum atomic E-state index is 12.5. The topological polar surface area (TPSA) is 96.8 Å². The molecule has 3 aromatic rings. The highest BCUT2D eigenvalue weighted by Crippen LogP contribution is 2.15. The van der Waals surface area contributed by atoms with Crippen molar-refractivity contribution < 1.29 is 4.79 Å². The van der Waals surface area contributed by atoms with Crippen LogP contribution in [0.5, 0.6) is 0 Å². The van der Waals surface area contributed by atoms with Gasteiger partial charge >= 0.3 is 0 Å². The van der Waals surface area contributed by atoms with Gasteiger partial charge in [-0.15, -0.1) is 5.10 Å². The summed E-state index contributed by atoms with van der Waals surface area (Å²) in [6.45, 7) is 0.955. The van der Waals surface area contributed by atoms with Crippen LogP contribution >= 0.6 is 0 Å². The summed E-state index contributed by atoms with van der Waals surface area (Å²) in [5, 5.41) is 8.32. The molecule has 0 saturated carbocycles. The first-order valence-electron chi connectivity index (χ1n) is 7.34. The summed E-state index contributed by atoms with van der Waals surface area (Å²) in [5.74, 6) is -0.156. The van der Waals surface area contributed by atoms with E-state index in [1.54, 1.807) is 35.5 Å². The van der Waals surface area contributed by atoms with Crippen LogP contribution in [0, 0.1) is 0 Å². The average Bonchev–Trinajstić information content (AvgIpc) is 3.05. The number of carbonyl (C=O) groups is 1. The summed E-state index contributed by atoms with van der Waals surface area (Å²) in [6, 6.07) is 6.97. The highest BCUT2D eigenvalue weighted by atomic mass is 16.2. The summed E-state index contributed by atoms with van der Waals surface area (Å²) in [6.07, 6.45) is 2.35. The smallest absolute Gasteiger partial charge is 0.278 e. The lowest BCUT2D eigenvalue weighted by Gasteiger charge is -2.26. The number of imidazole rings is 1. The lowest BCUT2D eigenvalue weighted by Crippen LogP contribution is -2.40. The van der Waals surface area contributed by atoms with Gasteiger partial charge in [0, 0.05) is 13.0 Å². The van der Waals surface area contributed by atoms with Gasteiger partial charge < -0.3 is 9.88 Å². The van der Waals surface area contributed by atoms with Gasteiger partial charge in [-0.1, -0.05) is 17.3 Å². The normalized spacial score (nSPS) is 14.0. The maximum absolute atomic E-state index is 12.5. The van der Waals surface area contributed by atoms with Crippen molar-refractivity contribution in [2.45, 2.75) is 19.5 Å². The average molecular weight is 310 g/mol. The van der Waals surface area contributed by atoms with Gasteiger partial charge in [0.25, 0.3) is 5.56 Å². The summed E-state index contributed by atoms with van der Waals surface area (Å²) in [4.78, 5) is 33.8. The van der Waals surface area contributed by atoms with Crippen LogP contribution in [-0.2, 0) is 24.3 Å². The van der Waals surface area contributed by atoms with Crippen molar-refractivity contribution in [3.8, 4) is 0 Å². The molecule has 8 heteroatoms. The van der Waals surface area contributed by atoms with Gasteiger partial charge in [-0.05, 0) is 12.1 Å². The zero-order chi connectivity index (χ0) is 15.8. The van der Waals surface area contributed by atoms with Gasteiger partial charge in [-0.3, -0.25) is 9.59 Å². The molecule has 1 aromatic carbocycles. The highest BCUT2D eigenvalue weighted by Gasteiger charge is 2.23. The van der Waals surface area contributed by atoms with Crippen molar-refractivity contribution in [1.82, 2.24) is 29.9 Å². The Morgan fingerprint density at radius 2 is 2.17 bits per heavy atom. The molecule has 0 unspecified atom stereocenters. The first-order chi connectivity index (χ1) is 11.2. The molecule has 1 aliphatic heterocycles. The monoisotopic (exact) mass is 310 g/mol. The van der Waals surface area contributed by atoms with Gasteiger partial charge in [0.05, 0.1) is 29.6 Å². The molecule has 0 atom stereocenters. The van der Waals surface area contributed by atoms with E-state index in [2.05, 4.69) is 20.3 Å². The zero-order valence-corrected chi connectivity index (χ0v) is 12.3. The lowest BCUT2D eigenvalue weighted by molar-refractivity contribution is -0.133. The Labute approximate surface area is 130 Å². The molecule has 0 aliphatic carbocycles. The second-order valence-electron chi connectivity index (χ2n) is 5.46. The first kappa shape index (κ1) is 13.6. The summed E-state index contributed by atoms with van der Waals surface area (Å²) in [5.41, 5.74) is 2.17. The van der Waals surface area contributed by atoms with Gasteiger partial charge in [0.15, 0.2) is 0 Å². The molecule has 2 aromatic heterocycles. The number of hydrogen-bond acceptors (Lipinski definition) is 5. The van der Waals surface area contributed by atoms with E-state index in [9.17, 15) is 9.59 Å². The summed E-state index contributed by atoms with van der Waals surface area (Å²) < 4.78 is 1.12. The van der Waals surface area contributed by atoms with Crippen molar-refractivity contribution in [3.05, 3.63) is 52.3 Å². The van der Waals surface area contributed by atoms with E-state index in [1.165, 1.54) is 0 Å². The third-order valence-corrected chi connectivity index (χ3v) is 4.04. The van der Waals surface area contributed by atoms with E-state index in [0.717, 1.165) is 16.1 Å². The minimum absolute atomic E-state index is 0.111. The van der Waals surface area contributed by atoms with E-state index in [-0.39, 0.29) is 18.0 Å². The fourth-order valence-corrected chi connectivity index (χ4v) is 2.78. The van der Waals surface area contributed by atoms with Crippen LogP contribution in [0.15, 0.2) is 35.4 Å². The van der Waals surface area contributed by atoms with Crippen molar-refractivity contribution in [2.75, 3.05) is 6.54 Å². The number of H-pyrrole nitrogens is 1. The molecule has 1 aliphatic rings. The molecule has 1 N–H and O–H groups in total. The van der Waals surface area contributed by atoms with Gasteiger partial charge in [-0.25, -0.2) is 9.67 Å². The van der Waals surface area contributed by atoms with Gasteiger partial charge in [0.1, 0.15) is 12.1 Å². The Morgan fingerprint density at radius 1 is 1.30 bits per heavy atom. The molecule has 3 heterocycles. The van der Waals surface area contributed by atoms with Crippen LogP contribution in [0.4, 0.5) is 0 Å².